The van der Waals surface area contributed by atoms with Crippen molar-refractivity contribution in [1.82, 2.24) is 24.5 Å². The Morgan fingerprint density at radius 1 is 1.07 bits per heavy atom. The van der Waals surface area contributed by atoms with Crippen LogP contribution in [0.5, 0.6) is 0 Å². The lowest BCUT2D eigenvalue weighted by Crippen LogP contribution is -2.39. The summed E-state index contributed by atoms with van der Waals surface area (Å²) in [7, 11) is -3.60. The number of pyridine rings is 1. The Labute approximate surface area is 171 Å². The van der Waals surface area contributed by atoms with Crippen LogP contribution in [0.3, 0.4) is 0 Å². The topological polar surface area (TPSA) is 89.8 Å². The summed E-state index contributed by atoms with van der Waals surface area (Å²) in [6, 6.07) is 9.53. The molecule has 0 radical (unpaired) electrons. The van der Waals surface area contributed by atoms with Gasteiger partial charge in [-0.3, -0.25) is 4.98 Å². The Morgan fingerprint density at radius 3 is 2.55 bits per heavy atom. The molecule has 0 spiro atoms. The maximum absolute atomic E-state index is 13.2. The van der Waals surface area contributed by atoms with Gasteiger partial charge in [-0.25, -0.2) is 13.1 Å². The number of benzene rings is 1. The van der Waals surface area contributed by atoms with E-state index in [0.29, 0.717) is 11.3 Å². The molecule has 4 rings (SSSR count). The van der Waals surface area contributed by atoms with Gasteiger partial charge in [0.15, 0.2) is 0 Å². The normalized spacial score (nSPS) is 19.9. The molecule has 0 saturated heterocycles. The Hall–Kier alpha value is -2.58. The van der Waals surface area contributed by atoms with Crippen molar-refractivity contribution in [3.8, 4) is 11.1 Å². The van der Waals surface area contributed by atoms with Gasteiger partial charge in [0.25, 0.3) is 0 Å². The van der Waals surface area contributed by atoms with Crippen LogP contribution < -0.4 is 4.72 Å². The summed E-state index contributed by atoms with van der Waals surface area (Å²) >= 11 is 0. The Bertz CT molecular complexity index is 1050. The zero-order valence-electron chi connectivity index (χ0n) is 16.4. The van der Waals surface area contributed by atoms with Crippen molar-refractivity contribution in [2.45, 2.75) is 56.0 Å². The SMILES string of the molecule is CCc1cc(-c2ccncc2)ccc1S(=O)(=O)N[C@H]1CCC[C@@H](n2cnnc2)C1. The molecule has 1 aliphatic carbocycles. The molecular weight excluding hydrogens is 386 g/mol. The summed E-state index contributed by atoms with van der Waals surface area (Å²) in [6.07, 6.45) is 11.1. The van der Waals surface area contributed by atoms with Gasteiger partial charge in [-0.15, -0.1) is 10.2 Å². The molecule has 0 unspecified atom stereocenters. The minimum atomic E-state index is -3.60. The van der Waals surface area contributed by atoms with E-state index in [1.807, 2.05) is 35.8 Å². The number of sulfonamides is 1. The molecule has 1 aromatic carbocycles. The van der Waals surface area contributed by atoms with Gasteiger partial charge in [0.05, 0.1) is 4.90 Å². The van der Waals surface area contributed by atoms with Gasteiger partial charge in [0, 0.05) is 24.5 Å². The van der Waals surface area contributed by atoms with Crippen molar-refractivity contribution < 1.29 is 8.42 Å². The summed E-state index contributed by atoms with van der Waals surface area (Å²) in [4.78, 5) is 4.41. The van der Waals surface area contributed by atoms with Gasteiger partial charge in [-0.2, -0.15) is 0 Å². The zero-order valence-corrected chi connectivity index (χ0v) is 17.2. The van der Waals surface area contributed by atoms with E-state index in [2.05, 4.69) is 19.9 Å². The fourth-order valence-electron chi connectivity index (χ4n) is 4.06. The third-order valence-corrected chi connectivity index (χ3v) is 7.19. The van der Waals surface area contributed by atoms with E-state index in [1.165, 1.54) is 0 Å². The molecule has 1 N–H and O–H groups in total. The fraction of sp³-hybridized carbons (Fsp3) is 0.381. The van der Waals surface area contributed by atoms with Gasteiger partial charge in [-0.1, -0.05) is 13.0 Å². The van der Waals surface area contributed by atoms with Gasteiger partial charge in [-0.05, 0) is 73.1 Å². The molecule has 0 amide bonds. The summed E-state index contributed by atoms with van der Waals surface area (Å²) < 4.78 is 31.3. The highest BCUT2D eigenvalue weighted by atomic mass is 32.2. The van der Waals surface area contributed by atoms with Crippen LogP contribution >= 0.6 is 0 Å². The molecule has 2 aromatic heterocycles. The second-order valence-corrected chi connectivity index (χ2v) is 9.14. The summed E-state index contributed by atoms with van der Waals surface area (Å²) in [6.45, 7) is 1.98. The van der Waals surface area contributed by atoms with Crippen molar-refractivity contribution >= 4 is 10.0 Å². The van der Waals surface area contributed by atoms with E-state index in [1.54, 1.807) is 31.1 Å². The third-order valence-electron chi connectivity index (χ3n) is 5.57. The first kappa shape index (κ1) is 19.7. The molecule has 1 fully saturated rings. The van der Waals surface area contributed by atoms with E-state index in [0.717, 1.165) is 42.4 Å². The first-order valence-corrected chi connectivity index (χ1v) is 11.4. The molecule has 7 nitrogen and oxygen atoms in total. The van der Waals surface area contributed by atoms with Crippen molar-refractivity contribution in [1.29, 1.82) is 0 Å². The van der Waals surface area contributed by atoms with Gasteiger partial charge >= 0.3 is 0 Å². The maximum atomic E-state index is 13.2. The van der Waals surface area contributed by atoms with Crippen molar-refractivity contribution in [2.75, 3.05) is 0 Å². The van der Waals surface area contributed by atoms with Crippen LogP contribution in [0.1, 0.15) is 44.2 Å². The molecule has 1 aliphatic rings. The summed E-state index contributed by atoms with van der Waals surface area (Å²) in [5, 5.41) is 7.74. The number of nitrogens with one attached hydrogen (secondary N) is 1. The van der Waals surface area contributed by atoms with Crippen LogP contribution in [0.25, 0.3) is 11.1 Å². The molecule has 2 atom stereocenters. The van der Waals surface area contributed by atoms with Crippen molar-refractivity contribution in [3.63, 3.8) is 0 Å². The molecule has 8 heteroatoms. The third kappa shape index (κ3) is 4.38. The van der Waals surface area contributed by atoms with Crippen LogP contribution in [0, 0.1) is 0 Å². The summed E-state index contributed by atoms with van der Waals surface area (Å²) in [5.74, 6) is 0. The Morgan fingerprint density at radius 2 is 1.83 bits per heavy atom. The van der Waals surface area contributed by atoms with E-state index in [9.17, 15) is 8.42 Å². The van der Waals surface area contributed by atoms with E-state index < -0.39 is 10.0 Å². The van der Waals surface area contributed by atoms with Gasteiger partial charge in [0.2, 0.25) is 10.0 Å². The summed E-state index contributed by atoms with van der Waals surface area (Å²) in [5.41, 5.74) is 2.84. The highest BCUT2D eigenvalue weighted by molar-refractivity contribution is 7.89. The standard InChI is InChI=1S/C21H25N5O2S/c1-2-16-12-18(17-8-10-22-11-9-17)6-7-21(16)29(27,28)25-19-4-3-5-20(13-19)26-14-23-24-15-26/h6-12,14-15,19-20,25H,2-5,13H2,1H3/t19-,20+/m0/s1. The van der Waals surface area contributed by atoms with E-state index in [4.69, 9.17) is 0 Å². The van der Waals surface area contributed by atoms with Crippen LogP contribution in [-0.4, -0.2) is 34.2 Å². The van der Waals surface area contributed by atoms with Gasteiger partial charge < -0.3 is 4.57 Å². The predicted molar refractivity (Wildman–Crippen MR) is 111 cm³/mol. The number of aryl methyl sites for hydroxylation is 1. The van der Waals surface area contributed by atoms with Crippen LogP contribution in [0.15, 0.2) is 60.3 Å². The highest BCUT2D eigenvalue weighted by Gasteiger charge is 2.28. The van der Waals surface area contributed by atoms with Gasteiger partial charge in [0.1, 0.15) is 12.7 Å². The second-order valence-electron chi connectivity index (χ2n) is 7.46. The smallest absolute Gasteiger partial charge is 0.241 e. The maximum Gasteiger partial charge on any atom is 0.241 e. The largest absolute Gasteiger partial charge is 0.317 e. The molecule has 152 valence electrons. The van der Waals surface area contributed by atoms with E-state index >= 15 is 0 Å². The number of hydrogen-bond acceptors (Lipinski definition) is 5. The lowest BCUT2D eigenvalue weighted by atomic mass is 9.91. The molecule has 29 heavy (non-hydrogen) atoms. The van der Waals surface area contributed by atoms with E-state index in [-0.39, 0.29) is 12.1 Å². The average Bonchev–Trinajstić information content (AvgIpc) is 3.29. The highest BCUT2D eigenvalue weighted by Crippen LogP contribution is 2.30. The number of nitrogens with zero attached hydrogens (tertiary/aromatic N) is 4. The lowest BCUT2D eigenvalue weighted by Gasteiger charge is -2.30. The van der Waals surface area contributed by atoms with Crippen LogP contribution in [0.4, 0.5) is 0 Å². The first-order chi connectivity index (χ1) is 14.1. The number of aromatic nitrogens is 4. The molecular formula is C21H25N5O2S. The molecule has 2 heterocycles. The number of hydrogen-bond donors (Lipinski definition) is 1. The average molecular weight is 412 g/mol. The second kappa shape index (κ2) is 8.42. The fourth-order valence-corrected chi connectivity index (χ4v) is 5.64. The van der Waals surface area contributed by atoms with Crippen LogP contribution in [0.2, 0.25) is 0 Å². The molecule has 0 aliphatic heterocycles. The minimum Gasteiger partial charge on any atom is -0.317 e. The lowest BCUT2D eigenvalue weighted by molar-refractivity contribution is 0.305. The Balaban J connectivity index is 1.55. The molecule has 3 aromatic rings. The first-order valence-electron chi connectivity index (χ1n) is 9.96. The quantitative estimate of drug-likeness (QED) is 0.672. The monoisotopic (exact) mass is 411 g/mol. The van der Waals surface area contributed by atoms with Crippen molar-refractivity contribution in [2.24, 2.45) is 0 Å². The number of rotatable bonds is 6. The minimum absolute atomic E-state index is 0.0919. The molecule has 1 saturated carbocycles. The van der Waals surface area contributed by atoms with Crippen molar-refractivity contribution in [3.05, 3.63) is 60.9 Å². The zero-order chi connectivity index (χ0) is 20.3. The van der Waals surface area contributed by atoms with Crippen LogP contribution in [-0.2, 0) is 16.4 Å². The predicted octanol–water partition coefficient (Wildman–Crippen LogP) is 3.36. The molecule has 0 bridgehead atoms. The Kier molecular flexibility index (Phi) is 5.73.